The summed E-state index contributed by atoms with van der Waals surface area (Å²) in [6.07, 6.45) is 5.32. The van der Waals surface area contributed by atoms with Crippen molar-refractivity contribution in [3.8, 4) is 11.4 Å². The van der Waals surface area contributed by atoms with Crippen LogP contribution < -0.4 is 59.1 Å². The van der Waals surface area contributed by atoms with E-state index in [0.717, 1.165) is 62.0 Å². The van der Waals surface area contributed by atoms with E-state index in [-0.39, 0.29) is 115 Å². The number of amides is 9. The fourth-order valence-electron chi connectivity index (χ4n) is 14.1. The van der Waals surface area contributed by atoms with Gasteiger partial charge in [-0.15, -0.1) is 5.10 Å². The zero-order chi connectivity index (χ0) is 85.2. The van der Waals surface area contributed by atoms with Crippen LogP contribution in [0.1, 0.15) is 161 Å². The van der Waals surface area contributed by atoms with Gasteiger partial charge in [0.15, 0.2) is 5.60 Å². The van der Waals surface area contributed by atoms with Gasteiger partial charge in [0.2, 0.25) is 35.4 Å². The number of ether oxygens (including phenoxy) is 11. The number of halogens is 1. The van der Waals surface area contributed by atoms with Crippen LogP contribution in [0.15, 0.2) is 41.2 Å². The van der Waals surface area contributed by atoms with Crippen molar-refractivity contribution >= 4 is 70.1 Å². The molecule has 5 heterocycles. The van der Waals surface area contributed by atoms with Crippen molar-refractivity contribution in [1.29, 1.82) is 0 Å². The lowest BCUT2D eigenvalue weighted by Crippen LogP contribution is -2.54. The summed E-state index contributed by atoms with van der Waals surface area (Å²) < 4.78 is 80.3. The second-order valence-corrected chi connectivity index (χ2v) is 29.7. The molecular weight excluding hydrogens is 1550 g/mol. The predicted octanol–water partition coefficient (Wildman–Crippen LogP) is 3.14. The van der Waals surface area contributed by atoms with E-state index in [1.54, 1.807) is 58.0 Å². The van der Waals surface area contributed by atoms with Gasteiger partial charge in [0.05, 0.1) is 140 Å². The van der Waals surface area contributed by atoms with Gasteiger partial charge in [-0.3, -0.25) is 33.6 Å². The summed E-state index contributed by atoms with van der Waals surface area (Å²) in [5.41, 5.74) is 8.97. The average molecular weight is 1670 g/mol. The van der Waals surface area contributed by atoms with Crippen molar-refractivity contribution in [2.45, 2.75) is 181 Å². The van der Waals surface area contributed by atoms with E-state index in [4.69, 9.17) is 62.8 Å². The second kappa shape index (κ2) is 47.9. The summed E-state index contributed by atoms with van der Waals surface area (Å²) in [5, 5.41) is 45.6. The fourth-order valence-corrected chi connectivity index (χ4v) is 14.1. The van der Waals surface area contributed by atoms with Gasteiger partial charge >= 0.3 is 18.1 Å². The first-order chi connectivity index (χ1) is 57.5. The number of alkyl carbamates (subject to hydrolysis) is 1. The quantitative estimate of drug-likeness (QED) is 0.0148. The summed E-state index contributed by atoms with van der Waals surface area (Å²) in [7, 11) is 0. The lowest BCUT2D eigenvalue weighted by atomic mass is 9.81. The minimum absolute atomic E-state index is 0.0362. The first-order valence-corrected chi connectivity index (χ1v) is 40.9. The van der Waals surface area contributed by atoms with Gasteiger partial charge in [-0.1, -0.05) is 57.9 Å². The molecule has 119 heavy (non-hydrogen) atoms. The van der Waals surface area contributed by atoms with Gasteiger partial charge in [0.25, 0.3) is 5.56 Å². The highest BCUT2D eigenvalue weighted by molar-refractivity contribution is 5.99. The van der Waals surface area contributed by atoms with Gasteiger partial charge in [-0.05, 0) is 118 Å². The lowest BCUT2D eigenvalue weighted by Gasteiger charge is -2.31. The molecule has 2 unspecified atom stereocenters. The van der Waals surface area contributed by atoms with Crippen LogP contribution in [-0.4, -0.2) is 240 Å². The number of carbonyl (C=O) groups excluding carboxylic acids is 9. The zero-order valence-corrected chi connectivity index (χ0v) is 68.8. The van der Waals surface area contributed by atoms with E-state index in [0.29, 0.717) is 142 Å². The molecule has 37 nitrogen and oxygen atoms in total. The number of hydrogen-bond acceptors (Lipinski definition) is 26. The smallest absolute Gasteiger partial charge is 0.407 e. The zero-order valence-electron chi connectivity index (χ0n) is 68.8. The number of aromatic nitrogens is 5. The number of aryl methyl sites for hydroxylation is 1. The van der Waals surface area contributed by atoms with E-state index in [1.807, 2.05) is 4.68 Å². The molecule has 38 heteroatoms. The first kappa shape index (κ1) is 93.1. The van der Waals surface area contributed by atoms with E-state index < -0.39 is 109 Å². The SMILES string of the molecule is CCC(C)NCCOCCOCCOCCn1nnc2c1CCCCCC2OCC(=O)NCCOCCOCCOCCOCCC(=O)N[C@H](C(=O)N[C@@H](CCCNC(N)=O)C(=O)Nc1ccc(COC(=O)NCC(=O)NCOCC(=O)N[C@H]2CCc3c(C)c(F)cc4nc5c(c2c34)Cn2c-5cc3c(c2=O)COC(=O)[C@]3(O)CC)cc1)C(C)C. The fraction of sp³-hybridized carbons (Fsp3) is 0.617. The molecule has 0 bridgehead atoms. The maximum atomic E-state index is 15.4. The van der Waals surface area contributed by atoms with Gasteiger partial charge < -0.3 is 115 Å². The molecule has 3 aromatic heterocycles. The number of fused-ring (bicyclic) bond motifs is 6. The number of aliphatic hydroxyl groups is 1. The van der Waals surface area contributed by atoms with Crippen molar-refractivity contribution in [3.63, 3.8) is 0 Å². The van der Waals surface area contributed by atoms with Crippen molar-refractivity contribution in [2.75, 3.05) is 144 Å². The largest absolute Gasteiger partial charge is 0.458 e. The minimum atomic E-state index is -2.06. The molecule has 9 amide bonds. The normalized spacial score (nSPS) is 16.6. The average Bonchev–Trinajstić information content (AvgIpc) is 1.58. The number of anilines is 1. The van der Waals surface area contributed by atoms with Gasteiger partial charge in [0, 0.05) is 60.4 Å². The van der Waals surface area contributed by atoms with E-state index >= 15 is 4.39 Å². The first-order valence-electron chi connectivity index (χ1n) is 40.9. The number of benzene rings is 2. The Morgan fingerprint density at radius 2 is 1.40 bits per heavy atom. The Morgan fingerprint density at radius 3 is 2.09 bits per heavy atom. The number of nitrogens with two attached hydrogens (primary N) is 1. The number of nitrogens with zero attached hydrogens (tertiary/aromatic N) is 5. The van der Waals surface area contributed by atoms with Crippen LogP contribution in [0.3, 0.4) is 0 Å². The predicted molar refractivity (Wildman–Crippen MR) is 428 cm³/mol. The van der Waals surface area contributed by atoms with Crippen LogP contribution in [-0.2, 0) is 130 Å². The highest BCUT2D eigenvalue weighted by Crippen LogP contribution is 2.46. The molecule has 5 aromatic rings. The number of esters is 1. The molecule has 0 radical (unpaired) electrons. The van der Waals surface area contributed by atoms with Crippen LogP contribution in [0, 0.1) is 18.7 Å². The minimum Gasteiger partial charge on any atom is -0.458 e. The van der Waals surface area contributed by atoms with Crippen molar-refractivity contribution in [3.05, 3.63) is 103 Å². The standard InChI is InChI=1S/C81H116FN15O22/c1-7-51(5)84-24-28-110-32-36-114-38-34-112-30-26-97-63-14-10-9-11-15-65(74(63)94-95-97)117-48-68(100)85-25-29-111-33-37-115-40-39-113-35-31-109-27-22-66(98)93-72(50(3)4)76(103)92-61(13-12-23-86-79(83)106)75(102)89-54-18-16-53(17-19-54)45-119-80(107)87-43-67(99)88-49-116-47-69(101)90-60-21-20-55-52(6)59(82)42-62-70(55)71(60)56-44-96-64(73(56)91-62)41-58-57(77(96)104)46-118-78(105)81(58,108)8-2/h16-19,41-42,50-51,60-61,65,72,84,108H,7-15,20-40,43-49H2,1-6H3,(H,85,100)(H,87,107)(H,88,99)(H,89,102)(H,90,101)(H,92,103)(H,93,98)(H3,83,86,106)/t51?,60-,61-,65?,72-,81-/m0/s1. The molecule has 2 aliphatic carbocycles. The highest BCUT2D eigenvalue weighted by Gasteiger charge is 2.46. The molecule has 4 aliphatic rings. The molecule has 0 fully saturated rings. The Bertz CT molecular complexity index is 4300. The Labute approximate surface area is 689 Å². The summed E-state index contributed by atoms with van der Waals surface area (Å²) in [4.78, 5) is 135. The molecule has 2 aliphatic heterocycles. The van der Waals surface area contributed by atoms with Crippen LogP contribution in [0.2, 0.25) is 0 Å². The third-order valence-electron chi connectivity index (χ3n) is 20.8. The number of pyridine rings is 2. The van der Waals surface area contributed by atoms with Gasteiger partial charge in [-0.25, -0.2) is 28.4 Å². The van der Waals surface area contributed by atoms with E-state index in [2.05, 4.69) is 72.0 Å². The Kier molecular flexibility index (Phi) is 37.5. The van der Waals surface area contributed by atoms with Gasteiger partial charge in [-0.2, -0.15) is 0 Å². The van der Waals surface area contributed by atoms with Crippen molar-refractivity contribution in [2.24, 2.45) is 11.7 Å². The van der Waals surface area contributed by atoms with Crippen LogP contribution in [0.4, 0.5) is 19.7 Å². The number of cyclic esters (lactones) is 1. The summed E-state index contributed by atoms with van der Waals surface area (Å²) in [5.74, 6) is -4.91. The van der Waals surface area contributed by atoms with Crippen LogP contribution in [0.25, 0.3) is 22.3 Å². The maximum absolute atomic E-state index is 15.4. The number of nitrogens with one attached hydrogen (secondary N) is 9. The monoisotopic (exact) mass is 1670 g/mol. The van der Waals surface area contributed by atoms with Crippen molar-refractivity contribution < 1.29 is 105 Å². The maximum Gasteiger partial charge on any atom is 0.407 e. The third kappa shape index (κ3) is 27.6. The number of rotatable bonds is 52. The molecule has 12 N–H and O–H groups in total. The summed E-state index contributed by atoms with van der Waals surface area (Å²) in [6, 6.07) is 6.02. The number of hydrogen-bond donors (Lipinski definition) is 11. The molecule has 0 saturated heterocycles. The number of carbonyl (C=O) groups is 9. The van der Waals surface area contributed by atoms with Crippen LogP contribution in [0.5, 0.6) is 0 Å². The van der Waals surface area contributed by atoms with Crippen molar-refractivity contribution in [1.82, 2.24) is 67.1 Å². The van der Waals surface area contributed by atoms with E-state index in [1.165, 1.54) is 10.6 Å². The lowest BCUT2D eigenvalue weighted by molar-refractivity contribution is -0.172. The number of primary amides is 1. The molecule has 2 aromatic carbocycles. The van der Waals surface area contributed by atoms with Crippen LogP contribution >= 0.6 is 0 Å². The third-order valence-corrected chi connectivity index (χ3v) is 20.8. The summed E-state index contributed by atoms with van der Waals surface area (Å²) >= 11 is 0. The number of urea groups is 1. The second-order valence-electron chi connectivity index (χ2n) is 29.7. The topological polar surface area (TPSA) is 475 Å². The Balaban J connectivity index is 0.596. The highest BCUT2D eigenvalue weighted by atomic mass is 19.1. The van der Waals surface area contributed by atoms with Gasteiger partial charge in [0.1, 0.15) is 69.4 Å². The molecule has 9 rings (SSSR count). The molecule has 0 saturated carbocycles. The van der Waals surface area contributed by atoms with E-state index in [9.17, 15) is 53.1 Å². The molecule has 654 valence electrons. The Hall–Kier alpha value is -9.74. The molecular formula is C81H116FN15O22. The molecule has 0 spiro atoms. The molecule has 6 atom stereocenters. The summed E-state index contributed by atoms with van der Waals surface area (Å²) in [6.45, 7) is 15.8. The Morgan fingerprint density at radius 1 is 0.714 bits per heavy atom.